The first-order chi connectivity index (χ1) is 6.86. The van der Waals surface area contributed by atoms with E-state index in [2.05, 4.69) is 23.8 Å². The molecule has 0 fully saturated rings. The van der Waals surface area contributed by atoms with Crippen LogP contribution in [0.5, 0.6) is 0 Å². The highest BCUT2D eigenvalue weighted by molar-refractivity contribution is 4.93. The van der Waals surface area contributed by atoms with Crippen LogP contribution >= 0.6 is 0 Å². The molecule has 0 aromatic carbocycles. The second-order valence-electron chi connectivity index (χ2n) is 3.18. The Bertz CT molecular complexity index is 268. The van der Waals surface area contributed by atoms with E-state index in [-0.39, 0.29) is 0 Å². The number of aromatic nitrogens is 1. The van der Waals surface area contributed by atoms with Crippen LogP contribution in [0.3, 0.4) is 0 Å². The Morgan fingerprint density at radius 1 is 1.64 bits per heavy atom. The van der Waals surface area contributed by atoms with E-state index in [1.807, 2.05) is 6.08 Å². The minimum absolute atomic E-state index is 0.719. The predicted octanol–water partition coefficient (Wildman–Crippen LogP) is 2.29. The molecule has 1 aromatic rings. The van der Waals surface area contributed by atoms with Crippen LogP contribution < -0.4 is 5.32 Å². The van der Waals surface area contributed by atoms with E-state index in [9.17, 15) is 0 Å². The van der Waals surface area contributed by atoms with Crippen LogP contribution in [-0.4, -0.2) is 11.5 Å². The summed E-state index contributed by atoms with van der Waals surface area (Å²) in [5.41, 5.74) is 0. The highest BCUT2D eigenvalue weighted by Crippen LogP contribution is 2.03. The first kappa shape index (κ1) is 11.0. The van der Waals surface area contributed by atoms with Crippen molar-refractivity contribution in [2.75, 3.05) is 6.54 Å². The molecule has 1 heterocycles. The van der Waals surface area contributed by atoms with Gasteiger partial charge in [0.15, 0.2) is 0 Å². The van der Waals surface area contributed by atoms with E-state index < -0.39 is 0 Å². The zero-order chi connectivity index (χ0) is 10.2. The second kappa shape index (κ2) is 6.38. The molecule has 0 aliphatic carbocycles. The van der Waals surface area contributed by atoms with Gasteiger partial charge in [-0.05, 0) is 19.4 Å². The number of hydrogen-bond donors (Lipinski definition) is 1. The molecule has 0 amide bonds. The second-order valence-corrected chi connectivity index (χ2v) is 3.18. The fraction of sp³-hybridized carbons (Fsp3) is 0.545. The van der Waals surface area contributed by atoms with E-state index in [0.29, 0.717) is 0 Å². The van der Waals surface area contributed by atoms with Crippen LogP contribution in [0.25, 0.3) is 0 Å². The maximum Gasteiger partial charge on any atom is 0.208 e. The molecule has 1 aromatic heterocycles. The lowest BCUT2D eigenvalue weighted by Crippen LogP contribution is -2.14. The van der Waals surface area contributed by atoms with Crippen LogP contribution in [0.2, 0.25) is 0 Å². The molecule has 78 valence electrons. The van der Waals surface area contributed by atoms with Crippen LogP contribution in [0, 0.1) is 0 Å². The third-order valence-electron chi connectivity index (χ3n) is 1.99. The first-order valence-electron chi connectivity index (χ1n) is 5.12. The summed E-state index contributed by atoms with van der Waals surface area (Å²) in [7, 11) is 0. The summed E-state index contributed by atoms with van der Waals surface area (Å²) in [6.45, 7) is 7.43. The Labute approximate surface area is 85.2 Å². The molecule has 1 N–H and O–H groups in total. The van der Waals surface area contributed by atoms with E-state index in [0.717, 1.165) is 44.0 Å². The normalized spacial score (nSPS) is 10.4. The quantitative estimate of drug-likeness (QED) is 0.534. The van der Waals surface area contributed by atoms with Crippen molar-refractivity contribution in [3.05, 3.63) is 30.5 Å². The molecule has 0 bridgehead atoms. The molecule has 14 heavy (non-hydrogen) atoms. The third-order valence-corrected chi connectivity index (χ3v) is 1.99. The summed E-state index contributed by atoms with van der Waals surface area (Å²) in [6.07, 6.45) is 6.80. The Balaban J connectivity index is 2.14. The van der Waals surface area contributed by atoms with E-state index >= 15 is 0 Å². The zero-order valence-electron chi connectivity index (χ0n) is 8.75. The fourth-order valence-corrected chi connectivity index (χ4v) is 1.16. The highest BCUT2D eigenvalue weighted by atomic mass is 16.4. The largest absolute Gasteiger partial charge is 0.444 e. The lowest BCUT2D eigenvalue weighted by Gasteiger charge is -1.99. The van der Waals surface area contributed by atoms with Crippen molar-refractivity contribution in [1.82, 2.24) is 10.3 Å². The van der Waals surface area contributed by atoms with Gasteiger partial charge in [0.25, 0.3) is 0 Å². The Morgan fingerprint density at radius 3 is 3.14 bits per heavy atom. The SMILES string of the molecule is C=CCCCNCc1ncc(CC)o1. The number of aryl methyl sites for hydroxylation is 1. The standard InChI is InChI=1S/C11H18N2O/c1-3-5-6-7-12-9-11-13-8-10(4-2)14-11/h3,8,12H,1,4-7,9H2,2H3. The van der Waals surface area contributed by atoms with Crippen LogP contribution in [0.1, 0.15) is 31.4 Å². The zero-order valence-corrected chi connectivity index (χ0v) is 8.75. The molecule has 3 nitrogen and oxygen atoms in total. The van der Waals surface area contributed by atoms with Crippen molar-refractivity contribution in [2.24, 2.45) is 0 Å². The summed E-state index contributed by atoms with van der Waals surface area (Å²) >= 11 is 0. The molecule has 0 aliphatic rings. The molecule has 0 spiro atoms. The molecule has 0 radical (unpaired) electrons. The monoisotopic (exact) mass is 194 g/mol. The smallest absolute Gasteiger partial charge is 0.208 e. The van der Waals surface area contributed by atoms with Gasteiger partial charge in [-0.3, -0.25) is 0 Å². The molecule has 0 atom stereocenters. The Morgan fingerprint density at radius 2 is 2.50 bits per heavy atom. The van der Waals surface area contributed by atoms with Gasteiger partial charge in [-0.15, -0.1) is 6.58 Å². The average molecular weight is 194 g/mol. The van der Waals surface area contributed by atoms with Gasteiger partial charge >= 0.3 is 0 Å². The average Bonchev–Trinajstić information content (AvgIpc) is 2.65. The number of nitrogens with one attached hydrogen (secondary N) is 1. The summed E-state index contributed by atoms with van der Waals surface area (Å²) in [6, 6.07) is 0. The van der Waals surface area contributed by atoms with Crippen molar-refractivity contribution >= 4 is 0 Å². The van der Waals surface area contributed by atoms with Crippen LogP contribution in [0.15, 0.2) is 23.3 Å². The molecule has 1 rings (SSSR count). The lowest BCUT2D eigenvalue weighted by molar-refractivity contribution is 0.438. The Kier molecular flexibility index (Phi) is 5.00. The van der Waals surface area contributed by atoms with Crippen LogP contribution in [-0.2, 0) is 13.0 Å². The molecule has 0 unspecified atom stereocenters. The Hall–Kier alpha value is -1.09. The minimum Gasteiger partial charge on any atom is -0.444 e. The van der Waals surface area contributed by atoms with E-state index in [4.69, 9.17) is 4.42 Å². The number of hydrogen-bond acceptors (Lipinski definition) is 3. The predicted molar refractivity (Wildman–Crippen MR) is 57.0 cm³/mol. The summed E-state index contributed by atoms with van der Waals surface area (Å²) in [5, 5.41) is 3.27. The molecule has 3 heteroatoms. The van der Waals surface area contributed by atoms with E-state index in [1.54, 1.807) is 6.20 Å². The molecule has 0 saturated heterocycles. The molecule has 0 aliphatic heterocycles. The van der Waals surface area contributed by atoms with Crippen LogP contribution in [0.4, 0.5) is 0 Å². The third kappa shape index (κ3) is 3.75. The van der Waals surface area contributed by atoms with Gasteiger partial charge in [0, 0.05) is 6.42 Å². The maximum absolute atomic E-state index is 5.45. The molecular formula is C11H18N2O. The first-order valence-corrected chi connectivity index (χ1v) is 5.12. The van der Waals surface area contributed by atoms with E-state index in [1.165, 1.54) is 0 Å². The number of oxazole rings is 1. The van der Waals surface area contributed by atoms with Gasteiger partial charge in [0.2, 0.25) is 5.89 Å². The number of nitrogens with zero attached hydrogens (tertiary/aromatic N) is 1. The van der Waals surface area contributed by atoms with Gasteiger partial charge in [0.05, 0.1) is 12.7 Å². The van der Waals surface area contributed by atoms with Gasteiger partial charge in [-0.1, -0.05) is 13.0 Å². The van der Waals surface area contributed by atoms with Crippen molar-refractivity contribution in [2.45, 2.75) is 32.7 Å². The van der Waals surface area contributed by atoms with Crippen molar-refractivity contribution < 1.29 is 4.42 Å². The summed E-state index contributed by atoms with van der Waals surface area (Å²) < 4.78 is 5.45. The van der Waals surface area contributed by atoms with Crippen molar-refractivity contribution in [3.63, 3.8) is 0 Å². The number of allylic oxidation sites excluding steroid dienone is 1. The summed E-state index contributed by atoms with van der Waals surface area (Å²) in [4.78, 5) is 4.16. The number of unbranched alkanes of at least 4 members (excludes halogenated alkanes) is 1. The minimum atomic E-state index is 0.719. The van der Waals surface area contributed by atoms with Gasteiger partial charge in [-0.25, -0.2) is 4.98 Å². The maximum atomic E-state index is 5.45. The van der Waals surface area contributed by atoms with Crippen molar-refractivity contribution in [1.29, 1.82) is 0 Å². The lowest BCUT2D eigenvalue weighted by atomic mass is 10.3. The molecular weight excluding hydrogens is 176 g/mol. The van der Waals surface area contributed by atoms with Gasteiger partial charge in [0.1, 0.15) is 5.76 Å². The van der Waals surface area contributed by atoms with Gasteiger partial charge < -0.3 is 9.73 Å². The summed E-state index contributed by atoms with van der Waals surface area (Å²) in [5.74, 6) is 1.73. The van der Waals surface area contributed by atoms with Crippen molar-refractivity contribution in [3.8, 4) is 0 Å². The highest BCUT2D eigenvalue weighted by Gasteiger charge is 2.00. The fourth-order valence-electron chi connectivity index (χ4n) is 1.16. The molecule has 0 saturated carbocycles. The number of rotatable bonds is 7. The van der Waals surface area contributed by atoms with Gasteiger partial charge in [-0.2, -0.15) is 0 Å². The topological polar surface area (TPSA) is 38.1 Å².